The van der Waals surface area contributed by atoms with Crippen LogP contribution in [0.25, 0.3) is 0 Å². The number of carbonyl (C=O) groups excluding carboxylic acids is 1. The first kappa shape index (κ1) is 19.6. The minimum atomic E-state index is -3.76. The number of carbonyl (C=O) groups is 1. The maximum absolute atomic E-state index is 12.5. The van der Waals surface area contributed by atoms with Gasteiger partial charge in [0, 0.05) is 0 Å². The fourth-order valence-electron chi connectivity index (χ4n) is 2.71. The lowest BCUT2D eigenvalue weighted by Gasteiger charge is -2.35. The minimum Gasteiger partial charge on any atom is -0.497 e. The van der Waals surface area contributed by atoms with Crippen molar-refractivity contribution in [3.63, 3.8) is 0 Å². The van der Waals surface area contributed by atoms with Crippen LogP contribution >= 0.6 is 0 Å². The van der Waals surface area contributed by atoms with Crippen molar-refractivity contribution in [1.29, 1.82) is 0 Å². The van der Waals surface area contributed by atoms with Gasteiger partial charge in [-0.25, -0.2) is 13.1 Å². The molecular formula is C16H23NO7S. The van der Waals surface area contributed by atoms with E-state index in [0.29, 0.717) is 18.6 Å². The summed E-state index contributed by atoms with van der Waals surface area (Å²) >= 11 is 0. The zero-order valence-electron chi connectivity index (χ0n) is 14.2. The second-order valence-electron chi connectivity index (χ2n) is 5.74. The molecule has 0 bridgehead atoms. The van der Waals surface area contributed by atoms with E-state index in [1.807, 2.05) is 0 Å². The zero-order chi connectivity index (χ0) is 18.4. The molecule has 1 aliphatic rings. The van der Waals surface area contributed by atoms with Gasteiger partial charge < -0.3 is 19.3 Å². The quantitative estimate of drug-likeness (QED) is 0.667. The highest BCUT2D eigenvalue weighted by atomic mass is 32.2. The van der Waals surface area contributed by atoms with Gasteiger partial charge >= 0.3 is 5.97 Å². The van der Waals surface area contributed by atoms with Crippen LogP contribution in [-0.4, -0.2) is 58.6 Å². The number of methoxy groups -OCH3 is 2. The average Bonchev–Trinajstić information content (AvgIpc) is 2.62. The SMILES string of the molecule is COC(=O)C[C@H]1CC[C@H](NS(=O)(=O)c2ccc(OC)cc2)[C@H](CO)O1. The van der Waals surface area contributed by atoms with E-state index in [4.69, 9.17) is 9.47 Å². The second kappa shape index (κ2) is 8.61. The minimum absolute atomic E-state index is 0.0744. The smallest absolute Gasteiger partial charge is 0.308 e. The van der Waals surface area contributed by atoms with Gasteiger partial charge in [-0.1, -0.05) is 0 Å². The molecule has 2 N–H and O–H groups in total. The van der Waals surface area contributed by atoms with E-state index in [1.165, 1.54) is 26.4 Å². The van der Waals surface area contributed by atoms with Crippen molar-refractivity contribution in [2.75, 3.05) is 20.8 Å². The van der Waals surface area contributed by atoms with Crippen LogP contribution in [0.2, 0.25) is 0 Å². The van der Waals surface area contributed by atoms with Crippen LogP contribution < -0.4 is 9.46 Å². The van der Waals surface area contributed by atoms with Crippen molar-refractivity contribution in [3.8, 4) is 5.75 Å². The van der Waals surface area contributed by atoms with Crippen molar-refractivity contribution in [2.24, 2.45) is 0 Å². The van der Waals surface area contributed by atoms with Crippen LogP contribution in [0.5, 0.6) is 5.75 Å². The third kappa shape index (κ3) is 5.15. The number of benzene rings is 1. The fraction of sp³-hybridized carbons (Fsp3) is 0.562. The molecule has 25 heavy (non-hydrogen) atoms. The Balaban J connectivity index is 2.04. The summed E-state index contributed by atoms with van der Waals surface area (Å²) in [5.74, 6) is 0.151. The average molecular weight is 373 g/mol. The van der Waals surface area contributed by atoms with Crippen LogP contribution in [0, 0.1) is 0 Å². The predicted octanol–water partition coefficient (Wildman–Crippen LogP) is 0.445. The van der Waals surface area contributed by atoms with Gasteiger partial charge in [-0.2, -0.15) is 0 Å². The van der Waals surface area contributed by atoms with Crippen LogP contribution in [0.15, 0.2) is 29.2 Å². The number of nitrogens with one attached hydrogen (secondary N) is 1. The monoisotopic (exact) mass is 373 g/mol. The summed E-state index contributed by atoms with van der Waals surface area (Å²) in [5, 5.41) is 9.51. The van der Waals surface area contributed by atoms with Crippen molar-refractivity contribution >= 4 is 16.0 Å². The maximum Gasteiger partial charge on any atom is 0.308 e. The van der Waals surface area contributed by atoms with Gasteiger partial charge in [0.25, 0.3) is 0 Å². The summed E-state index contributed by atoms with van der Waals surface area (Å²) in [6, 6.07) is 5.42. The first-order chi connectivity index (χ1) is 11.9. The topological polar surface area (TPSA) is 111 Å². The summed E-state index contributed by atoms with van der Waals surface area (Å²) in [6.07, 6.45) is -0.114. The molecule has 1 fully saturated rings. The van der Waals surface area contributed by atoms with E-state index in [1.54, 1.807) is 12.1 Å². The van der Waals surface area contributed by atoms with Gasteiger partial charge in [0.05, 0.1) is 50.4 Å². The highest BCUT2D eigenvalue weighted by molar-refractivity contribution is 7.89. The summed E-state index contributed by atoms with van der Waals surface area (Å²) in [7, 11) is -0.972. The summed E-state index contributed by atoms with van der Waals surface area (Å²) < 4.78 is 42.8. The van der Waals surface area contributed by atoms with E-state index in [0.717, 1.165) is 0 Å². The van der Waals surface area contributed by atoms with E-state index < -0.39 is 34.2 Å². The van der Waals surface area contributed by atoms with Crippen LogP contribution in [0.4, 0.5) is 0 Å². The molecule has 0 radical (unpaired) electrons. The first-order valence-electron chi connectivity index (χ1n) is 7.89. The van der Waals surface area contributed by atoms with E-state index >= 15 is 0 Å². The third-order valence-electron chi connectivity index (χ3n) is 4.09. The lowest BCUT2D eigenvalue weighted by atomic mass is 9.98. The largest absolute Gasteiger partial charge is 0.497 e. The number of aliphatic hydroxyl groups is 1. The molecule has 1 aromatic carbocycles. The number of hydrogen-bond acceptors (Lipinski definition) is 7. The van der Waals surface area contributed by atoms with Crippen molar-refractivity contribution in [3.05, 3.63) is 24.3 Å². The number of aliphatic hydroxyl groups excluding tert-OH is 1. The predicted molar refractivity (Wildman–Crippen MR) is 88.7 cm³/mol. The van der Waals surface area contributed by atoms with E-state index in [2.05, 4.69) is 9.46 Å². The third-order valence-corrected chi connectivity index (χ3v) is 5.60. The molecule has 3 atom stereocenters. The van der Waals surface area contributed by atoms with Crippen LogP contribution in [0.3, 0.4) is 0 Å². The van der Waals surface area contributed by atoms with Gasteiger partial charge in [0.15, 0.2) is 0 Å². The second-order valence-corrected chi connectivity index (χ2v) is 7.45. The molecule has 0 aliphatic carbocycles. The molecule has 1 saturated heterocycles. The molecule has 2 rings (SSSR count). The number of rotatable bonds is 7. The molecule has 9 heteroatoms. The number of esters is 1. The maximum atomic E-state index is 12.5. The zero-order valence-corrected chi connectivity index (χ0v) is 15.0. The molecule has 8 nitrogen and oxygen atoms in total. The van der Waals surface area contributed by atoms with Crippen LogP contribution in [-0.2, 0) is 24.3 Å². The molecule has 0 aromatic heterocycles. The van der Waals surface area contributed by atoms with E-state index in [-0.39, 0.29) is 17.9 Å². The Labute approximate surface area is 147 Å². The molecule has 0 spiro atoms. The first-order valence-corrected chi connectivity index (χ1v) is 9.37. The van der Waals surface area contributed by atoms with E-state index in [9.17, 15) is 18.3 Å². The molecule has 1 aromatic rings. The van der Waals surface area contributed by atoms with Crippen molar-refractivity contribution < 1.29 is 32.5 Å². The molecular weight excluding hydrogens is 350 g/mol. The Hall–Kier alpha value is -1.68. The van der Waals surface area contributed by atoms with Crippen LogP contribution in [0.1, 0.15) is 19.3 Å². The lowest BCUT2D eigenvalue weighted by Crippen LogP contribution is -2.51. The Kier molecular flexibility index (Phi) is 6.77. The molecule has 0 saturated carbocycles. The molecule has 0 amide bonds. The van der Waals surface area contributed by atoms with Gasteiger partial charge in [-0.05, 0) is 37.1 Å². The van der Waals surface area contributed by atoms with Gasteiger partial charge in [-0.3, -0.25) is 4.79 Å². The molecule has 140 valence electrons. The lowest BCUT2D eigenvalue weighted by molar-refractivity contribution is -0.149. The Morgan fingerprint density at radius 1 is 1.28 bits per heavy atom. The molecule has 1 heterocycles. The standard InChI is InChI=1S/C16H23NO7S/c1-22-11-3-6-13(7-4-11)25(20,21)17-14-8-5-12(9-16(19)23-2)24-15(14)10-18/h3-4,6-7,12,14-15,17-18H,5,8-10H2,1-2H3/t12-,14+,15+/m1/s1. The summed E-state index contributed by atoms with van der Waals surface area (Å²) in [6.45, 7) is -0.354. The fourth-order valence-corrected chi connectivity index (χ4v) is 4.01. The van der Waals surface area contributed by atoms with Gasteiger partial charge in [0.1, 0.15) is 5.75 Å². The Morgan fingerprint density at radius 3 is 2.52 bits per heavy atom. The summed E-state index contributed by atoms with van der Waals surface area (Å²) in [5.41, 5.74) is 0. The highest BCUT2D eigenvalue weighted by Gasteiger charge is 2.34. The molecule has 1 aliphatic heterocycles. The summed E-state index contributed by atoms with van der Waals surface area (Å²) in [4.78, 5) is 11.4. The normalized spacial score (nSPS) is 23.9. The van der Waals surface area contributed by atoms with Crippen molar-refractivity contribution in [1.82, 2.24) is 4.72 Å². The Morgan fingerprint density at radius 2 is 1.96 bits per heavy atom. The van der Waals surface area contributed by atoms with Gasteiger partial charge in [0.2, 0.25) is 10.0 Å². The molecule has 0 unspecified atom stereocenters. The van der Waals surface area contributed by atoms with Crippen molar-refractivity contribution in [2.45, 2.75) is 42.4 Å². The number of ether oxygens (including phenoxy) is 3. The Bertz CT molecular complexity index is 674. The highest BCUT2D eigenvalue weighted by Crippen LogP contribution is 2.24. The number of hydrogen-bond donors (Lipinski definition) is 2. The van der Waals surface area contributed by atoms with Gasteiger partial charge in [-0.15, -0.1) is 0 Å². The number of sulfonamides is 1.